The van der Waals surface area contributed by atoms with Gasteiger partial charge in [-0.2, -0.15) is 0 Å². The molecule has 19 heavy (non-hydrogen) atoms. The normalized spacial score (nSPS) is 12.3. The van der Waals surface area contributed by atoms with Crippen LogP contribution in [-0.4, -0.2) is 21.2 Å². The van der Waals surface area contributed by atoms with E-state index in [1.807, 2.05) is 13.8 Å². The molecule has 2 aromatic rings. The van der Waals surface area contributed by atoms with E-state index in [1.165, 1.54) is 11.3 Å². The highest BCUT2D eigenvalue weighted by Gasteiger charge is 2.19. The van der Waals surface area contributed by atoms with E-state index in [2.05, 4.69) is 4.98 Å². The van der Waals surface area contributed by atoms with E-state index in [1.54, 1.807) is 24.3 Å². The number of rotatable bonds is 4. The number of phenols is 1. The maximum absolute atomic E-state index is 10.8. The van der Waals surface area contributed by atoms with E-state index >= 15 is 0 Å². The van der Waals surface area contributed by atoms with Crippen LogP contribution in [0.3, 0.4) is 0 Å². The highest BCUT2D eigenvalue weighted by atomic mass is 32.1. The van der Waals surface area contributed by atoms with E-state index in [0.29, 0.717) is 0 Å². The number of phenolic OH excluding ortho intramolecular Hbond substituents is 1. The molecule has 0 saturated heterocycles. The Balaban J connectivity index is 2.40. The summed E-state index contributed by atoms with van der Waals surface area (Å²) in [5, 5.41) is 19.1. The van der Waals surface area contributed by atoms with Crippen LogP contribution < -0.4 is 0 Å². The molecular weight excluding hydrogens is 262 g/mol. The number of hydrogen-bond acceptors (Lipinski definition) is 4. The summed E-state index contributed by atoms with van der Waals surface area (Å²) in [6, 6.07) is 6.80. The highest BCUT2D eigenvalue weighted by Crippen LogP contribution is 2.35. The van der Waals surface area contributed by atoms with Gasteiger partial charge in [-0.1, -0.05) is 6.92 Å². The average Bonchev–Trinajstić information content (AvgIpc) is 2.71. The van der Waals surface area contributed by atoms with Gasteiger partial charge in [0.15, 0.2) is 0 Å². The third kappa shape index (κ3) is 3.12. The van der Waals surface area contributed by atoms with E-state index in [-0.39, 0.29) is 18.1 Å². The molecule has 2 N–H and O–H groups in total. The van der Waals surface area contributed by atoms with Gasteiger partial charge in [-0.25, -0.2) is 4.98 Å². The Morgan fingerprint density at radius 2 is 2.00 bits per heavy atom. The third-order valence-corrected chi connectivity index (χ3v) is 4.03. The van der Waals surface area contributed by atoms with Crippen molar-refractivity contribution in [2.24, 2.45) is 0 Å². The molecule has 2 rings (SSSR count). The lowest BCUT2D eigenvalue weighted by Gasteiger charge is -2.08. The maximum Gasteiger partial charge on any atom is 0.303 e. The molecule has 0 amide bonds. The number of aromatic hydroxyl groups is 1. The zero-order chi connectivity index (χ0) is 14.0. The van der Waals surface area contributed by atoms with Crippen LogP contribution in [0.5, 0.6) is 5.75 Å². The summed E-state index contributed by atoms with van der Waals surface area (Å²) in [5.41, 5.74) is 1.71. The molecule has 100 valence electrons. The van der Waals surface area contributed by atoms with Gasteiger partial charge in [0.1, 0.15) is 5.75 Å². The van der Waals surface area contributed by atoms with Gasteiger partial charge in [-0.15, -0.1) is 11.3 Å². The van der Waals surface area contributed by atoms with Gasteiger partial charge in [0.2, 0.25) is 0 Å². The lowest BCUT2D eigenvalue weighted by atomic mass is 10.0. The Labute approximate surface area is 115 Å². The van der Waals surface area contributed by atoms with Crippen LogP contribution in [0.1, 0.15) is 29.1 Å². The molecule has 0 aliphatic rings. The minimum Gasteiger partial charge on any atom is -0.508 e. The summed E-state index contributed by atoms with van der Waals surface area (Å²) < 4.78 is 0. The van der Waals surface area contributed by atoms with Crippen molar-refractivity contribution >= 4 is 17.3 Å². The van der Waals surface area contributed by atoms with Crippen molar-refractivity contribution in [1.82, 2.24) is 4.98 Å². The number of carbonyl (C=O) groups is 1. The Kier molecular flexibility index (Phi) is 3.85. The minimum atomic E-state index is -0.810. The molecule has 5 heteroatoms. The predicted molar refractivity (Wildman–Crippen MR) is 74.6 cm³/mol. The number of aromatic nitrogens is 1. The Hall–Kier alpha value is -1.88. The number of aliphatic carboxylic acids is 1. The number of thiazole rings is 1. The molecule has 0 radical (unpaired) electrons. The first-order chi connectivity index (χ1) is 8.97. The number of benzene rings is 1. The second-order valence-electron chi connectivity index (χ2n) is 4.49. The fourth-order valence-electron chi connectivity index (χ4n) is 1.96. The van der Waals surface area contributed by atoms with Crippen molar-refractivity contribution in [3.63, 3.8) is 0 Å². The average molecular weight is 277 g/mol. The second-order valence-corrected chi connectivity index (χ2v) is 5.73. The minimum absolute atomic E-state index is 0.0764. The molecule has 0 aliphatic heterocycles. The number of aryl methyl sites for hydroxylation is 1. The van der Waals surface area contributed by atoms with Crippen LogP contribution in [0.4, 0.5) is 0 Å². The van der Waals surface area contributed by atoms with Crippen LogP contribution in [0.2, 0.25) is 0 Å². The van der Waals surface area contributed by atoms with Crippen molar-refractivity contribution in [2.45, 2.75) is 26.2 Å². The first-order valence-electron chi connectivity index (χ1n) is 5.96. The summed E-state index contributed by atoms with van der Waals surface area (Å²) in [4.78, 5) is 16.3. The van der Waals surface area contributed by atoms with Gasteiger partial charge < -0.3 is 10.2 Å². The van der Waals surface area contributed by atoms with Gasteiger partial charge in [0.05, 0.1) is 17.1 Å². The SMILES string of the molecule is Cc1nc(-c2ccc(O)cc2)c(C(C)CC(=O)O)s1. The van der Waals surface area contributed by atoms with Crippen molar-refractivity contribution in [3.8, 4) is 17.0 Å². The second kappa shape index (κ2) is 5.40. The smallest absolute Gasteiger partial charge is 0.303 e. The summed E-state index contributed by atoms with van der Waals surface area (Å²) in [7, 11) is 0. The topological polar surface area (TPSA) is 70.4 Å². The first kappa shape index (κ1) is 13.5. The highest BCUT2D eigenvalue weighted by molar-refractivity contribution is 7.12. The number of nitrogens with zero attached hydrogens (tertiary/aromatic N) is 1. The first-order valence-corrected chi connectivity index (χ1v) is 6.77. The quantitative estimate of drug-likeness (QED) is 0.898. The number of carboxylic acids is 1. The van der Waals surface area contributed by atoms with Gasteiger partial charge in [0.25, 0.3) is 0 Å². The van der Waals surface area contributed by atoms with E-state index < -0.39 is 5.97 Å². The van der Waals surface area contributed by atoms with Crippen LogP contribution in [0.25, 0.3) is 11.3 Å². The van der Waals surface area contributed by atoms with Gasteiger partial charge in [0, 0.05) is 16.4 Å². The van der Waals surface area contributed by atoms with Crippen molar-refractivity contribution < 1.29 is 15.0 Å². The Morgan fingerprint density at radius 1 is 1.37 bits per heavy atom. The maximum atomic E-state index is 10.8. The van der Waals surface area contributed by atoms with Crippen LogP contribution in [0, 0.1) is 6.92 Å². The largest absolute Gasteiger partial charge is 0.508 e. The molecule has 0 bridgehead atoms. The predicted octanol–water partition coefficient (Wildman–Crippen LogP) is 3.40. The molecule has 1 unspecified atom stereocenters. The molecular formula is C14H15NO3S. The van der Waals surface area contributed by atoms with Crippen molar-refractivity contribution in [3.05, 3.63) is 34.2 Å². The summed E-state index contributed by atoms with van der Waals surface area (Å²) in [5.74, 6) is -0.682. The lowest BCUT2D eigenvalue weighted by Crippen LogP contribution is -2.02. The van der Waals surface area contributed by atoms with Crippen molar-refractivity contribution in [2.75, 3.05) is 0 Å². The zero-order valence-electron chi connectivity index (χ0n) is 10.8. The van der Waals surface area contributed by atoms with E-state index in [4.69, 9.17) is 5.11 Å². The Bertz CT molecular complexity index is 589. The van der Waals surface area contributed by atoms with Gasteiger partial charge in [-0.05, 0) is 31.2 Å². The van der Waals surface area contributed by atoms with Crippen LogP contribution in [0.15, 0.2) is 24.3 Å². The number of hydrogen-bond donors (Lipinski definition) is 2. The molecule has 0 aliphatic carbocycles. The van der Waals surface area contributed by atoms with E-state index in [0.717, 1.165) is 21.1 Å². The van der Waals surface area contributed by atoms with Crippen LogP contribution >= 0.6 is 11.3 Å². The fourth-order valence-corrected chi connectivity index (χ4v) is 2.96. The summed E-state index contributed by atoms with van der Waals surface area (Å²) >= 11 is 1.53. The van der Waals surface area contributed by atoms with E-state index in [9.17, 15) is 9.90 Å². The molecule has 4 nitrogen and oxygen atoms in total. The Morgan fingerprint density at radius 3 is 2.58 bits per heavy atom. The third-order valence-electron chi connectivity index (χ3n) is 2.83. The summed E-state index contributed by atoms with van der Waals surface area (Å²) in [6.07, 6.45) is 0.0900. The zero-order valence-corrected chi connectivity index (χ0v) is 11.6. The fraction of sp³-hybridized carbons (Fsp3) is 0.286. The molecule has 1 atom stereocenters. The molecule has 1 aromatic carbocycles. The number of carboxylic acid groups (broad SMARTS) is 1. The lowest BCUT2D eigenvalue weighted by molar-refractivity contribution is -0.137. The van der Waals surface area contributed by atoms with Crippen LogP contribution in [-0.2, 0) is 4.79 Å². The van der Waals surface area contributed by atoms with Gasteiger partial charge >= 0.3 is 5.97 Å². The summed E-state index contributed by atoms with van der Waals surface area (Å²) in [6.45, 7) is 3.80. The standard InChI is InChI=1S/C14H15NO3S/c1-8(7-12(17)18)14-13(15-9(2)19-14)10-3-5-11(16)6-4-10/h3-6,8,16H,7H2,1-2H3,(H,17,18). The molecule has 1 aromatic heterocycles. The monoisotopic (exact) mass is 277 g/mol. The van der Waals surface area contributed by atoms with Gasteiger partial charge in [-0.3, -0.25) is 4.79 Å². The molecule has 0 spiro atoms. The molecule has 0 fully saturated rings. The molecule has 0 saturated carbocycles. The van der Waals surface area contributed by atoms with Crippen molar-refractivity contribution in [1.29, 1.82) is 0 Å². The molecule has 1 heterocycles.